The first-order valence-electron chi connectivity index (χ1n) is 37.3. The molecule has 0 aliphatic rings. The van der Waals surface area contributed by atoms with Crippen molar-refractivity contribution in [3.05, 3.63) is 424 Å². The summed E-state index contributed by atoms with van der Waals surface area (Å²) in [5.74, 6) is 5.73. The van der Waals surface area contributed by atoms with Crippen molar-refractivity contribution in [2.24, 2.45) is 0 Å². The van der Waals surface area contributed by atoms with E-state index in [0.29, 0.717) is 34.9 Å². The topological polar surface area (TPSA) is 129 Å². The van der Waals surface area contributed by atoms with Crippen molar-refractivity contribution < 1.29 is 0 Å². The molecule has 10 nitrogen and oxygen atoms in total. The van der Waals surface area contributed by atoms with Crippen molar-refractivity contribution in [3.63, 3.8) is 0 Å². The van der Waals surface area contributed by atoms with Gasteiger partial charge in [-0.15, -0.1) is 0 Å². The van der Waals surface area contributed by atoms with Gasteiger partial charge < -0.3 is 0 Å². The minimum Gasteiger partial charge on any atom is -0.233 e. The third-order valence-corrected chi connectivity index (χ3v) is 18.8. The van der Waals surface area contributed by atoms with Crippen LogP contribution < -0.4 is 0 Å². The third kappa shape index (κ3) is 18.6. The number of nitrogens with zero attached hydrogens (tertiary/aromatic N) is 10. The van der Waals surface area contributed by atoms with E-state index in [4.69, 9.17) is 9.97 Å². The summed E-state index contributed by atoms with van der Waals surface area (Å²) in [4.78, 5) is 46.3. The molecule has 0 aliphatic heterocycles. The van der Waals surface area contributed by atoms with Crippen LogP contribution in [-0.4, -0.2) is 49.8 Å². The number of rotatable bonds is 14. The molecule has 18 rings (SSSR count). The molecule has 4 heterocycles. The van der Waals surface area contributed by atoms with Gasteiger partial charge in [0.1, 0.15) is 23.3 Å². The van der Waals surface area contributed by atoms with Gasteiger partial charge in [-0.05, 0) is 131 Å². The van der Waals surface area contributed by atoms with E-state index < -0.39 is 0 Å². The quantitative estimate of drug-likeness (QED) is 0.104. The molecule has 0 bridgehead atoms. The van der Waals surface area contributed by atoms with Crippen molar-refractivity contribution in [2.75, 3.05) is 0 Å². The zero-order valence-corrected chi connectivity index (χ0v) is 62.6. The zero-order chi connectivity index (χ0) is 76.2. The van der Waals surface area contributed by atoms with Crippen LogP contribution in [0.15, 0.2) is 400 Å². The normalized spacial score (nSPS) is 10.7. The SMILES string of the molecule is Cc1nc(-c2ccc(-c3ccccc3)cc2)nc(-c2cccc(-c3ccccc3)c2)n1.Cc1nc(-c2ccccc2)cc(-c2ccc(-c3ccccc3)cc2)n1.Cc1nc(-c2ccccc2)cc(-c2cccc(-c3ccccc3)c2)n1.Cc1nc(-c2ccccc2)nc(-c2cccc(-c3cccc(-c4ccccc4)c3)c2)n1. The number of hydrogen-bond acceptors (Lipinski definition) is 10. The third-order valence-electron chi connectivity index (χ3n) is 18.8. The van der Waals surface area contributed by atoms with Crippen molar-refractivity contribution >= 4 is 0 Å². The van der Waals surface area contributed by atoms with Crippen molar-refractivity contribution in [3.8, 4) is 157 Å². The molecule has 0 saturated heterocycles. The standard InChI is InChI=1S/2C28H21N3.2C23H18N2/c1-20-29-27(22-12-6-3-7-13-22)31-28(30-20)26-17-9-16-25(19-26)24-15-8-14-23(18-24)21-10-4-2-5-11-21;1-20-29-27(24-17-15-23(16-18-24)21-9-4-2-5-10-21)31-28(30-20)26-14-8-13-25(19-26)22-11-6-3-7-12-22;1-17-24-22(19-11-6-3-7-12-19)16-23(25-17)21-14-8-13-20(15-21)18-9-4-2-5-10-18;1-17-24-22(20-10-6-3-7-11-20)16-23(25-17)21-14-12-19(13-15-21)18-8-4-2-5-9-18/h2*2-19H,1H3;2*2-16H,1H3. The van der Waals surface area contributed by atoms with Crippen molar-refractivity contribution in [1.29, 1.82) is 0 Å². The highest BCUT2D eigenvalue weighted by Crippen LogP contribution is 2.34. The maximum absolute atomic E-state index is 4.79. The zero-order valence-electron chi connectivity index (χ0n) is 62.6. The molecule has 112 heavy (non-hydrogen) atoms. The maximum atomic E-state index is 4.79. The van der Waals surface area contributed by atoms with Crippen LogP contribution in [0.2, 0.25) is 0 Å². The molecule has 0 unspecified atom stereocenters. The van der Waals surface area contributed by atoms with Crippen LogP contribution >= 0.6 is 0 Å². The predicted octanol–water partition coefficient (Wildman–Crippen LogP) is 25.3. The van der Waals surface area contributed by atoms with Gasteiger partial charge in [-0.2, -0.15) is 0 Å². The summed E-state index contributed by atoms with van der Waals surface area (Å²) in [6.07, 6.45) is 0. The first-order chi connectivity index (χ1) is 55.1. The molecule has 536 valence electrons. The number of aryl methyl sites for hydroxylation is 4. The molecule has 10 heteroatoms. The van der Waals surface area contributed by atoms with Crippen LogP contribution in [0, 0.1) is 27.7 Å². The lowest BCUT2D eigenvalue weighted by molar-refractivity contribution is 0.991. The number of hydrogen-bond donors (Lipinski definition) is 0. The molecular formula is C102H78N10. The fraction of sp³-hybridized carbons (Fsp3) is 0.0392. The molecule has 0 saturated carbocycles. The van der Waals surface area contributed by atoms with Crippen LogP contribution in [0.1, 0.15) is 23.3 Å². The Bertz CT molecular complexity index is 6120. The van der Waals surface area contributed by atoms with Gasteiger partial charge in [0.25, 0.3) is 0 Å². The molecule has 0 N–H and O–H groups in total. The summed E-state index contributed by atoms with van der Waals surface area (Å²) in [6.45, 7) is 7.70. The van der Waals surface area contributed by atoms with Crippen LogP contribution in [0.4, 0.5) is 0 Å². The number of benzene rings is 14. The van der Waals surface area contributed by atoms with E-state index in [9.17, 15) is 0 Å². The Balaban J connectivity index is 0.000000119. The lowest BCUT2D eigenvalue weighted by Gasteiger charge is -2.09. The Labute approximate surface area is 654 Å². The molecule has 0 atom stereocenters. The maximum Gasteiger partial charge on any atom is 0.163 e. The van der Waals surface area contributed by atoms with E-state index >= 15 is 0 Å². The smallest absolute Gasteiger partial charge is 0.163 e. The van der Waals surface area contributed by atoms with Gasteiger partial charge in [0, 0.05) is 44.5 Å². The van der Waals surface area contributed by atoms with Gasteiger partial charge in [0.2, 0.25) is 0 Å². The minimum atomic E-state index is 0.687. The van der Waals surface area contributed by atoms with E-state index in [0.717, 1.165) is 95.6 Å². The van der Waals surface area contributed by atoms with Gasteiger partial charge in [0.15, 0.2) is 23.3 Å². The fourth-order valence-corrected chi connectivity index (χ4v) is 13.2. The lowest BCUT2D eigenvalue weighted by atomic mass is 9.98. The Morgan fingerprint density at radius 3 is 0.607 bits per heavy atom. The average molecular weight is 1440 g/mol. The predicted molar refractivity (Wildman–Crippen MR) is 459 cm³/mol. The van der Waals surface area contributed by atoms with Gasteiger partial charge in [-0.3, -0.25) is 0 Å². The van der Waals surface area contributed by atoms with E-state index in [1.807, 2.05) is 155 Å². The van der Waals surface area contributed by atoms with Gasteiger partial charge in [-0.25, -0.2) is 49.8 Å². The van der Waals surface area contributed by atoms with E-state index in [-0.39, 0.29) is 0 Å². The molecule has 14 aromatic carbocycles. The Kier molecular flexibility index (Phi) is 23.0. The molecule has 0 radical (unpaired) electrons. The summed E-state index contributed by atoms with van der Waals surface area (Å²) in [5.41, 5.74) is 26.4. The highest BCUT2D eigenvalue weighted by Gasteiger charge is 2.15. The summed E-state index contributed by atoms with van der Waals surface area (Å²) in [6, 6.07) is 137. The van der Waals surface area contributed by atoms with Crippen LogP contribution in [-0.2, 0) is 0 Å². The summed E-state index contributed by atoms with van der Waals surface area (Å²) >= 11 is 0. The lowest BCUT2D eigenvalue weighted by Crippen LogP contribution is -1.99. The fourth-order valence-electron chi connectivity index (χ4n) is 13.2. The van der Waals surface area contributed by atoms with Crippen LogP contribution in [0.3, 0.4) is 0 Å². The number of aromatic nitrogens is 10. The Morgan fingerprint density at radius 1 is 0.116 bits per heavy atom. The summed E-state index contributed by atoms with van der Waals surface area (Å²) < 4.78 is 0. The van der Waals surface area contributed by atoms with E-state index in [1.165, 1.54) is 50.1 Å². The van der Waals surface area contributed by atoms with Gasteiger partial charge in [0.05, 0.1) is 22.8 Å². The van der Waals surface area contributed by atoms with Crippen molar-refractivity contribution in [2.45, 2.75) is 27.7 Å². The summed E-state index contributed by atoms with van der Waals surface area (Å²) in [5, 5.41) is 0. The van der Waals surface area contributed by atoms with Crippen molar-refractivity contribution in [1.82, 2.24) is 49.8 Å². The molecule has 18 aromatic rings. The van der Waals surface area contributed by atoms with Gasteiger partial charge >= 0.3 is 0 Å². The largest absolute Gasteiger partial charge is 0.233 e. The summed E-state index contributed by atoms with van der Waals surface area (Å²) in [7, 11) is 0. The second kappa shape index (κ2) is 35.3. The first kappa shape index (κ1) is 72.8. The molecule has 0 spiro atoms. The molecular weight excluding hydrogens is 1370 g/mol. The van der Waals surface area contributed by atoms with E-state index in [1.54, 1.807) is 0 Å². The monoisotopic (exact) mass is 1440 g/mol. The van der Waals surface area contributed by atoms with Gasteiger partial charge in [-0.1, -0.05) is 364 Å². The Morgan fingerprint density at radius 2 is 0.286 bits per heavy atom. The van der Waals surface area contributed by atoms with E-state index in [2.05, 4.69) is 313 Å². The molecule has 0 amide bonds. The molecule has 0 fully saturated rings. The second-order valence-electron chi connectivity index (χ2n) is 26.8. The average Bonchev–Trinajstić information content (AvgIpc) is 0.820. The highest BCUT2D eigenvalue weighted by molar-refractivity contribution is 5.79. The molecule has 4 aromatic heterocycles. The van der Waals surface area contributed by atoms with Crippen LogP contribution in [0.5, 0.6) is 0 Å². The second-order valence-corrected chi connectivity index (χ2v) is 26.8. The highest BCUT2D eigenvalue weighted by atomic mass is 15.0. The first-order valence-corrected chi connectivity index (χ1v) is 37.3. The van der Waals surface area contributed by atoms with Crippen LogP contribution in [0.25, 0.3) is 157 Å². The minimum absolute atomic E-state index is 0.687. The Hall–Kier alpha value is -14.7. The molecule has 0 aliphatic carbocycles.